The summed E-state index contributed by atoms with van der Waals surface area (Å²) in [4.78, 5) is 27.4. The van der Waals surface area contributed by atoms with Crippen molar-refractivity contribution in [3.05, 3.63) is 0 Å². The molecule has 1 atom stereocenters. The first-order valence-corrected chi connectivity index (χ1v) is 6.86. The Morgan fingerprint density at radius 1 is 1.11 bits per heavy atom. The van der Waals surface area contributed by atoms with Crippen LogP contribution in [0.1, 0.15) is 46.5 Å². The molecule has 1 saturated heterocycles. The predicted octanol–water partition coefficient (Wildman–Crippen LogP) is 2.28. The lowest BCUT2D eigenvalue weighted by molar-refractivity contribution is -0.121. The smallest absolute Gasteiger partial charge is 0.320 e. The van der Waals surface area contributed by atoms with Gasteiger partial charge in [-0.2, -0.15) is 0 Å². The number of urea groups is 1. The second-order valence-corrected chi connectivity index (χ2v) is 6.70. The molecule has 1 aliphatic carbocycles. The number of hydrogen-bond donors (Lipinski definition) is 0. The molecular formula is C14H24N2O2. The Balaban J connectivity index is 2.07. The van der Waals surface area contributed by atoms with Crippen molar-refractivity contribution in [2.24, 2.45) is 5.41 Å². The highest BCUT2D eigenvalue weighted by molar-refractivity contribution is 5.80. The summed E-state index contributed by atoms with van der Waals surface area (Å²) >= 11 is 0. The van der Waals surface area contributed by atoms with Crippen LogP contribution in [0.5, 0.6) is 0 Å². The average molecular weight is 252 g/mol. The highest BCUT2D eigenvalue weighted by Crippen LogP contribution is 2.33. The van der Waals surface area contributed by atoms with E-state index in [9.17, 15) is 9.59 Å². The Morgan fingerprint density at radius 3 is 2.11 bits per heavy atom. The van der Waals surface area contributed by atoms with Gasteiger partial charge >= 0.3 is 6.03 Å². The van der Waals surface area contributed by atoms with Gasteiger partial charge in [-0.15, -0.1) is 0 Å². The summed E-state index contributed by atoms with van der Waals surface area (Å²) in [6.07, 6.45) is 2.96. The Morgan fingerprint density at radius 2 is 1.67 bits per heavy atom. The Kier molecular flexibility index (Phi) is 3.39. The first-order valence-electron chi connectivity index (χ1n) is 6.86. The summed E-state index contributed by atoms with van der Waals surface area (Å²) < 4.78 is 0. The molecule has 1 heterocycles. The fraction of sp³-hybridized carbons (Fsp3) is 0.857. The molecular weight excluding hydrogens is 228 g/mol. The van der Waals surface area contributed by atoms with Crippen molar-refractivity contribution >= 4 is 11.8 Å². The van der Waals surface area contributed by atoms with E-state index in [4.69, 9.17) is 0 Å². The molecule has 4 heteroatoms. The van der Waals surface area contributed by atoms with Gasteiger partial charge in [-0.25, -0.2) is 4.79 Å². The predicted molar refractivity (Wildman–Crippen MR) is 70.4 cm³/mol. The van der Waals surface area contributed by atoms with E-state index in [1.165, 1.54) is 0 Å². The van der Waals surface area contributed by atoms with E-state index in [0.717, 1.165) is 19.4 Å². The van der Waals surface area contributed by atoms with Gasteiger partial charge in [-0.3, -0.25) is 4.79 Å². The maximum absolute atomic E-state index is 12.3. The summed E-state index contributed by atoms with van der Waals surface area (Å²) in [6.45, 7) is 7.33. The molecule has 1 unspecified atom stereocenters. The fourth-order valence-corrected chi connectivity index (χ4v) is 3.12. The number of likely N-dealkylation sites (N-methyl/N-ethyl adjacent to an activating group) is 1. The van der Waals surface area contributed by atoms with E-state index in [2.05, 4.69) is 20.8 Å². The largest absolute Gasteiger partial charge is 0.322 e. The molecule has 1 saturated carbocycles. The van der Waals surface area contributed by atoms with Gasteiger partial charge in [0, 0.05) is 32.5 Å². The van der Waals surface area contributed by atoms with Crippen molar-refractivity contribution in [2.45, 2.75) is 58.5 Å². The molecule has 1 aliphatic heterocycles. The molecule has 2 fully saturated rings. The molecule has 0 N–H and O–H groups in total. The van der Waals surface area contributed by atoms with E-state index in [-0.39, 0.29) is 23.5 Å². The Hall–Kier alpha value is -1.06. The van der Waals surface area contributed by atoms with E-state index < -0.39 is 0 Å². The first kappa shape index (κ1) is 13.4. The lowest BCUT2D eigenvalue weighted by Crippen LogP contribution is -2.40. The number of ketones is 1. The highest BCUT2D eigenvalue weighted by Gasteiger charge is 2.43. The van der Waals surface area contributed by atoms with Crippen LogP contribution in [0.2, 0.25) is 0 Å². The Labute approximate surface area is 109 Å². The van der Waals surface area contributed by atoms with Gasteiger partial charge in [0.25, 0.3) is 0 Å². The lowest BCUT2D eigenvalue weighted by atomic mass is 9.86. The summed E-state index contributed by atoms with van der Waals surface area (Å²) in [7, 11) is 1.90. The van der Waals surface area contributed by atoms with Crippen LogP contribution < -0.4 is 0 Å². The Bertz CT molecular complexity index is 349. The highest BCUT2D eigenvalue weighted by atomic mass is 16.2. The number of carbonyl (C=O) groups excluding carboxylic acids is 2. The first-order chi connectivity index (χ1) is 8.30. The average Bonchev–Trinajstić information content (AvgIpc) is 2.57. The number of Topliss-reactive ketones (excluding diaryl/α,β-unsaturated/α-hetero) is 1. The van der Waals surface area contributed by atoms with Crippen LogP contribution in [0.15, 0.2) is 0 Å². The molecule has 0 aromatic rings. The molecule has 2 rings (SSSR count). The zero-order valence-electron chi connectivity index (χ0n) is 11.9. The van der Waals surface area contributed by atoms with Crippen molar-refractivity contribution in [2.75, 3.05) is 13.6 Å². The third-order valence-corrected chi connectivity index (χ3v) is 4.34. The van der Waals surface area contributed by atoms with Gasteiger partial charge in [0.1, 0.15) is 5.78 Å². The van der Waals surface area contributed by atoms with Gasteiger partial charge in [-0.1, -0.05) is 20.8 Å². The molecule has 2 aliphatic rings. The minimum Gasteiger partial charge on any atom is -0.322 e. The zero-order valence-corrected chi connectivity index (χ0v) is 11.9. The van der Waals surface area contributed by atoms with Crippen LogP contribution >= 0.6 is 0 Å². The maximum atomic E-state index is 12.3. The third-order valence-electron chi connectivity index (χ3n) is 4.34. The van der Waals surface area contributed by atoms with Crippen LogP contribution in [0.25, 0.3) is 0 Å². The van der Waals surface area contributed by atoms with Crippen LogP contribution in [-0.4, -0.2) is 47.3 Å². The molecule has 4 nitrogen and oxygen atoms in total. The number of carbonyl (C=O) groups is 2. The van der Waals surface area contributed by atoms with Crippen LogP contribution in [0.4, 0.5) is 4.79 Å². The van der Waals surface area contributed by atoms with Gasteiger partial charge in [0.15, 0.2) is 0 Å². The van der Waals surface area contributed by atoms with E-state index in [1.807, 2.05) is 16.8 Å². The standard InChI is InChI=1S/C14H24N2O2/c1-14(2,3)12-9-16(13(18)15(12)4)10-5-7-11(17)8-6-10/h10,12H,5-9H2,1-4H3. The van der Waals surface area contributed by atoms with E-state index in [1.54, 1.807) is 0 Å². The van der Waals surface area contributed by atoms with Crippen LogP contribution in [0.3, 0.4) is 0 Å². The summed E-state index contributed by atoms with van der Waals surface area (Å²) in [5.41, 5.74) is 0.101. The molecule has 2 amide bonds. The van der Waals surface area contributed by atoms with E-state index in [0.29, 0.717) is 18.6 Å². The molecule has 0 aromatic heterocycles. The van der Waals surface area contributed by atoms with Gasteiger partial charge in [0.05, 0.1) is 6.04 Å². The van der Waals surface area contributed by atoms with Gasteiger partial charge < -0.3 is 9.80 Å². The van der Waals surface area contributed by atoms with Crippen molar-refractivity contribution in [3.8, 4) is 0 Å². The zero-order chi connectivity index (χ0) is 13.5. The van der Waals surface area contributed by atoms with Crippen LogP contribution in [-0.2, 0) is 4.79 Å². The van der Waals surface area contributed by atoms with Crippen molar-refractivity contribution in [1.82, 2.24) is 9.80 Å². The minimum atomic E-state index is 0.101. The molecule has 0 radical (unpaired) electrons. The van der Waals surface area contributed by atoms with Gasteiger partial charge in [0.2, 0.25) is 0 Å². The molecule has 0 spiro atoms. The molecule has 0 aromatic carbocycles. The lowest BCUT2D eigenvalue weighted by Gasteiger charge is -2.31. The van der Waals surface area contributed by atoms with Crippen molar-refractivity contribution in [1.29, 1.82) is 0 Å². The second-order valence-electron chi connectivity index (χ2n) is 6.70. The van der Waals surface area contributed by atoms with E-state index >= 15 is 0 Å². The minimum absolute atomic E-state index is 0.101. The summed E-state index contributed by atoms with van der Waals surface area (Å²) in [6, 6.07) is 0.668. The quantitative estimate of drug-likeness (QED) is 0.718. The molecule has 18 heavy (non-hydrogen) atoms. The normalized spacial score (nSPS) is 27.2. The topological polar surface area (TPSA) is 40.6 Å². The number of amides is 2. The summed E-state index contributed by atoms with van der Waals surface area (Å²) in [5, 5.41) is 0. The molecule has 0 bridgehead atoms. The monoisotopic (exact) mass is 252 g/mol. The van der Waals surface area contributed by atoms with Gasteiger partial charge in [-0.05, 0) is 18.3 Å². The number of hydrogen-bond acceptors (Lipinski definition) is 2. The summed E-state index contributed by atoms with van der Waals surface area (Å²) in [5.74, 6) is 0.346. The number of nitrogens with zero attached hydrogens (tertiary/aromatic N) is 2. The molecule has 102 valence electrons. The second kappa shape index (κ2) is 4.56. The SMILES string of the molecule is CN1C(=O)N(C2CCC(=O)CC2)CC1C(C)(C)C. The van der Waals surface area contributed by atoms with Crippen LogP contribution in [0, 0.1) is 5.41 Å². The van der Waals surface area contributed by atoms with Crippen molar-refractivity contribution in [3.63, 3.8) is 0 Å². The number of rotatable bonds is 1. The maximum Gasteiger partial charge on any atom is 0.320 e. The fourth-order valence-electron chi connectivity index (χ4n) is 3.12. The third kappa shape index (κ3) is 2.38. The van der Waals surface area contributed by atoms with Crippen molar-refractivity contribution < 1.29 is 9.59 Å².